The number of nitrogens with one attached hydrogen (secondary N) is 3. The second-order valence-corrected chi connectivity index (χ2v) is 8.31. The quantitative estimate of drug-likeness (QED) is 0.454. The van der Waals surface area contributed by atoms with Crippen LogP contribution in [0.4, 0.5) is 26.1 Å². The molecule has 2 aromatic heterocycles. The van der Waals surface area contributed by atoms with Crippen molar-refractivity contribution >= 4 is 45.0 Å². The van der Waals surface area contributed by atoms with E-state index in [1.807, 2.05) is 0 Å². The molecule has 0 saturated heterocycles. The predicted molar refractivity (Wildman–Crippen MR) is 119 cm³/mol. The number of hydrogen-bond acceptors (Lipinski definition) is 7. The Morgan fingerprint density at radius 1 is 1.19 bits per heavy atom. The maximum Gasteiger partial charge on any atom is 0.253 e. The third kappa shape index (κ3) is 5.61. The first kappa shape index (κ1) is 23.6. The summed E-state index contributed by atoms with van der Waals surface area (Å²) in [7, 11) is -0.615. The van der Waals surface area contributed by atoms with Gasteiger partial charge in [-0.15, -0.1) is 5.10 Å². The van der Waals surface area contributed by atoms with Gasteiger partial charge in [-0.25, -0.2) is 18.0 Å². The molecular formula is C20H19ClF2N6O2S. The lowest BCUT2D eigenvalue weighted by atomic mass is 10.0. The molecule has 0 aliphatic heterocycles. The van der Waals surface area contributed by atoms with Crippen molar-refractivity contribution in [3.8, 4) is 0 Å². The zero-order valence-electron chi connectivity index (χ0n) is 17.1. The lowest BCUT2D eigenvalue weighted by Gasteiger charge is -2.13. The molecule has 0 amide bonds. The Morgan fingerprint density at radius 3 is 2.69 bits per heavy atom. The van der Waals surface area contributed by atoms with E-state index in [-0.39, 0.29) is 35.1 Å². The van der Waals surface area contributed by atoms with Crippen molar-refractivity contribution in [2.24, 2.45) is 0 Å². The van der Waals surface area contributed by atoms with Gasteiger partial charge in [-0.3, -0.25) is 9.52 Å². The molecule has 32 heavy (non-hydrogen) atoms. The predicted octanol–water partition coefficient (Wildman–Crippen LogP) is 3.27. The maximum absolute atomic E-state index is 14.9. The highest BCUT2D eigenvalue weighted by atomic mass is 35.5. The molecule has 1 atom stereocenters. The van der Waals surface area contributed by atoms with Crippen LogP contribution in [0.2, 0.25) is 5.02 Å². The number of carbonyl (C=O) groups excluding carboxylic acids is 1. The molecule has 12 heteroatoms. The van der Waals surface area contributed by atoms with Crippen molar-refractivity contribution in [2.75, 3.05) is 23.6 Å². The molecule has 3 N–H and O–H groups in total. The van der Waals surface area contributed by atoms with Gasteiger partial charge in [-0.05, 0) is 54.9 Å². The van der Waals surface area contributed by atoms with Crippen molar-refractivity contribution in [3.63, 3.8) is 0 Å². The van der Waals surface area contributed by atoms with E-state index >= 15 is 0 Å². The van der Waals surface area contributed by atoms with Crippen LogP contribution in [0.3, 0.4) is 0 Å². The molecule has 3 rings (SSSR count). The number of pyridine rings is 1. The maximum atomic E-state index is 14.9. The van der Waals surface area contributed by atoms with E-state index in [2.05, 4.69) is 30.5 Å². The van der Waals surface area contributed by atoms with Crippen molar-refractivity contribution in [2.45, 2.75) is 13.3 Å². The first-order valence-electron chi connectivity index (χ1n) is 9.32. The number of rotatable bonds is 8. The Kier molecular flexibility index (Phi) is 7.78. The van der Waals surface area contributed by atoms with E-state index < -0.39 is 27.7 Å². The largest absolute Gasteiger partial charge is 0.336 e. The molecule has 0 spiro atoms. The van der Waals surface area contributed by atoms with Crippen LogP contribution in [0.15, 0.2) is 36.7 Å². The minimum atomic E-state index is -2.15. The van der Waals surface area contributed by atoms with Gasteiger partial charge in [0, 0.05) is 17.6 Å². The number of benzene rings is 1. The Morgan fingerprint density at radius 2 is 1.97 bits per heavy atom. The van der Waals surface area contributed by atoms with Gasteiger partial charge in [0.25, 0.3) is 5.12 Å². The molecular weight excluding hydrogens is 462 g/mol. The van der Waals surface area contributed by atoms with Crippen LogP contribution in [0.5, 0.6) is 0 Å². The number of halogens is 3. The normalized spacial score (nSPS) is 11.8. The van der Waals surface area contributed by atoms with E-state index in [9.17, 15) is 17.8 Å². The molecule has 0 aliphatic rings. The molecule has 3 aromatic rings. The summed E-state index contributed by atoms with van der Waals surface area (Å²) in [5.74, 6) is -1.30. The van der Waals surface area contributed by atoms with Crippen molar-refractivity contribution in [1.29, 1.82) is 0 Å². The zero-order chi connectivity index (χ0) is 23.3. The SMILES string of the molecule is CNCC(=O)S(=O)Nc1nccc(Cc2cnnc(Nc3ccc(Cl)cc3F)c2C)c1F. The van der Waals surface area contributed by atoms with Crippen LogP contribution >= 0.6 is 11.6 Å². The number of hydrogen-bond donors (Lipinski definition) is 3. The van der Waals surface area contributed by atoms with Gasteiger partial charge in [-0.2, -0.15) is 5.10 Å². The summed E-state index contributed by atoms with van der Waals surface area (Å²) in [5, 5.41) is 13.0. The Hall–Kier alpha value is -3.02. The number of nitrogens with zero attached hydrogens (tertiary/aromatic N) is 3. The third-order valence-electron chi connectivity index (χ3n) is 4.46. The molecule has 0 saturated carbocycles. The van der Waals surface area contributed by atoms with Crippen LogP contribution in [0.1, 0.15) is 16.7 Å². The topological polar surface area (TPSA) is 109 Å². The summed E-state index contributed by atoms with van der Waals surface area (Å²) in [6.45, 7) is 1.61. The number of likely N-dealkylation sites (N-methyl/N-ethyl adjacent to an activating group) is 1. The third-order valence-corrected chi connectivity index (χ3v) is 5.63. The monoisotopic (exact) mass is 480 g/mol. The van der Waals surface area contributed by atoms with E-state index in [1.54, 1.807) is 6.92 Å². The van der Waals surface area contributed by atoms with Gasteiger partial charge in [-0.1, -0.05) is 11.6 Å². The number of carbonyl (C=O) groups is 1. The highest BCUT2D eigenvalue weighted by molar-refractivity contribution is 8.01. The highest BCUT2D eigenvalue weighted by Gasteiger charge is 2.18. The minimum Gasteiger partial charge on any atom is -0.336 e. The van der Waals surface area contributed by atoms with Gasteiger partial charge >= 0.3 is 0 Å². The average molecular weight is 481 g/mol. The summed E-state index contributed by atoms with van der Waals surface area (Å²) in [6.07, 6.45) is 2.92. The second kappa shape index (κ2) is 10.5. The minimum absolute atomic E-state index is 0.110. The molecule has 2 heterocycles. The standard InChI is InChI=1S/C20H19ClF2N6O2S/c1-11-13(9-26-28-19(11)27-16-4-3-14(21)8-15(16)22)7-12-5-6-25-20(18(12)23)29-32(31)17(30)10-24-2/h3-6,8-9,24H,7,10H2,1-2H3,(H,25,29)(H,27,28). The molecule has 0 aliphatic carbocycles. The van der Waals surface area contributed by atoms with Crippen molar-refractivity contribution in [1.82, 2.24) is 20.5 Å². The zero-order valence-corrected chi connectivity index (χ0v) is 18.7. The van der Waals surface area contributed by atoms with Crippen molar-refractivity contribution < 1.29 is 17.8 Å². The number of anilines is 3. The van der Waals surface area contributed by atoms with E-state index in [4.69, 9.17) is 11.6 Å². The first-order valence-corrected chi connectivity index (χ1v) is 10.9. The fourth-order valence-corrected chi connectivity index (χ4v) is 3.61. The van der Waals surface area contributed by atoms with Gasteiger partial charge < -0.3 is 10.6 Å². The van der Waals surface area contributed by atoms with Gasteiger partial charge in [0.15, 0.2) is 28.4 Å². The summed E-state index contributed by atoms with van der Waals surface area (Å²) in [6, 6.07) is 5.64. The molecule has 8 nitrogen and oxygen atoms in total. The average Bonchev–Trinajstić information content (AvgIpc) is 2.75. The molecule has 0 bridgehead atoms. The van der Waals surface area contributed by atoms with Gasteiger partial charge in [0.2, 0.25) is 0 Å². The van der Waals surface area contributed by atoms with Crippen LogP contribution in [-0.4, -0.2) is 38.1 Å². The Balaban J connectivity index is 1.82. The smallest absolute Gasteiger partial charge is 0.253 e. The fraction of sp³-hybridized carbons (Fsp3) is 0.200. The fourth-order valence-electron chi connectivity index (χ4n) is 2.75. The lowest BCUT2D eigenvalue weighted by Crippen LogP contribution is -2.26. The Bertz CT molecular complexity index is 1180. The molecule has 1 unspecified atom stereocenters. The Labute approximate surface area is 190 Å². The van der Waals surface area contributed by atoms with E-state index in [0.29, 0.717) is 16.9 Å². The van der Waals surface area contributed by atoms with Crippen LogP contribution < -0.4 is 15.4 Å². The van der Waals surface area contributed by atoms with E-state index in [1.165, 1.54) is 43.7 Å². The first-order chi connectivity index (χ1) is 15.3. The van der Waals surface area contributed by atoms with Gasteiger partial charge in [0.1, 0.15) is 5.82 Å². The molecule has 0 radical (unpaired) electrons. The summed E-state index contributed by atoms with van der Waals surface area (Å²) in [4.78, 5) is 15.5. The van der Waals surface area contributed by atoms with Gasteiger partial charge in [0.05, 0.1) is 18.4 Å². The summed E-state index contributed by atoms with van der Waals surface area (Å²) >= 11 is 5.78. The molecule has 168 valence electrons. The van der Waals surface area contributed by atoms with Crippen LogP contribution in [0.25, 0.3) is 0 Å². The number of aromatic nitrogens is 3. The lowest BCUT2D eigenvalue weighted by molar-refractivity contribution is -0.110. The van der Waals surface area contributed by atoms with Crippen LogP contribution in [0, 0.1) is 18.6 Å². The molecule has 0 fully saturated rings. The summed E-state index contributed by atoms with van der Waals surface area (Å²) in [5.41, 5.74) is 1.66. The molecule has 1 aromatic carbocycles. The van der Waals surface area contributed by atoms with E-state index in [0.717, 1.165) is 0 Å². The summed E-state index contributed by atoms with van der Waals surface area (Å²) < 4.78 is 43.3. The van der Waals surface area contributed by atoms with Crippen LogP contribution in [-0.2, 0) is 22.2 Å². The highest BCUT2D eigenvalue weighted by Crippen LogP contribution is 2.26. The second-order valence-electron chi connectivity index (χ2n) is 6.68. The van der Waals surface area contributed by atoms with Crippen molar-refractivity contribution in [3.05, 3.63) is 70.0 Å².